The van der Waals surface area contributed by atoms with Crippen LogP contribution in [0.2, 0.25) is 5.02 Å². The molecular weight excluding hydrogens is 530 g/mol. The molecule has 1 atom stereocenters. The van der Waals surface area contributed by atoms with Gasteiger partial charge in [0.05, 0.1) is 29.6 Å². The molecule has 2 aliphatic heterocycles. The number of aromatic nitrogens is 2. The van der Waals surface area contributed by atoms with Gasteiger partial charge in [0, 0.05) is 36.9 Å². The molecule has 1 aromatic heterocycles. The van der Waals surface area contributed by atoms with E-state index in [0.29, 0.717) is 53.5 Å². The highest BCUT2D eigenvalue weighted by Crippen LogP contribution is 2.40. The fraction of sp³-hybridized carbons (Fsp3) is 0.400. The van der Waals surface area contributed by atoms with Crippen molar-refractivity contribution in [2.24, 2.45) is 0 Å². The van der Waals surface area contributed by atoms with Crippen molar-refractivity contribution in [3.8, 4) is 11.3 Å². The molecule has 0 spiro atoms. The molecule has 0 radical (unpaired) electrons. The number of nitrogens with one attached hydrogen (secondary N) is 2. The highest BCUT2D eigenvalue weighted by molar-refractivity contribution is 6.33. The Bertz CT molecular complexity index is 1420. The third-order valence-electron chi connectivity index (χ3n) is 7.77. The number of amides is 2. The van der Waals surface area contributed by atoms with Crippen LogP contribution in [0.3, 0.4) is 0 Å². The van der Waals surface area contributed by atoms with E-state index in [9.17, 15) is 14.7 Å². The molecule has 1 saturated heterocycles. The maximum Gasteiger partial charge on any atom is 0.254 e. The average Bonchev–Trinajstić information content (AvgIpc) is 3.78. The molecule has 6 rings (SSSR count). The van der Waals surface area contributed by atoms with Gasteiger partial charge in [-0.3, -0.25) is 9.59 Å². The van der Waals surface area contributed by atoms with Gasteiger partial charge >= 0.3 is 0 Å². The van der Waals surface area contributed by atoms with Gasteiger partial charge < -0.3 is 25.4 Å². The zero-order valence-corrected chi connectivity index (χ0v) is 22.9. The van der Waals surface area contributed by atoms with E-state index >= 15 is 0 Å². The second-order valence-corrected chi connectivity index (χ2v) is 11.1. The van der Waals surface area contributed by atoms with E-state index in [1.807, 2.05) is 24.3 Å². The molecule has 2 amide bonds. The molecule has 3 N–H and O–H groups in total. The molecule has 2 aromatic carbocycles. The van der Waals surface area contributed by atoms with Crippen molar-refractivity contribution in [1.29, 1.82) is 0 Å². The van der Waals surface area contributed by atoms with E-state index in [0.717, 1.165) is 24.0 Å². The highest BCUT2D eigenvalue weighted by Gasteiger charge is 2.30. The number of aliphatic hydroxyl groups is 1. The van der Waals surface area contributed by atoms with E-state index in [2.05, 4.69) is 32.7 Å². The number of halogens is 1. The molecular formula is C30H32ClN5O4. The Kier molecular flexibility index (Phi) is 7.69. The van der Waals surface area contributed by atoms with Gasteiger partial charge in [0.25, 0.3) is 5.91 Å². The van der Waals surface area contributed by atoms with Gasteiger partial charge in [-0.25, -0.2) is 9.97 Å². The monoisotopic (exact) mass is 561 g/mol. The lowest BCUT2D eigenvalue weighted by molar-refractivity contribution is -0.122. The highest BCUT2D eigenvalue weighted by atomic mass is 35.5. The predicted octanol–water partition coefficient (Wildman–Crippen LogP) is 4.07. The Morgan fingerprint density at radius 2 is 1.98 bits per heavy atom. The zero-order valence-electron chi connectivity index (χ0n) is 22.1. The van der Waals surface area contributed by atoms with Crippen molar-refractivity contribution in [2.75, 3.05) is 31.7 Å². The number of carbonyl (C=O) groups is 2. The van der Waals surface area contributed by atoms with Gasteiger partial charge in [0.2, 0.25) is 11.9 Å². The number of ether oxygens (including phenoxy) is 1. The number of rotatable bonds is 9. The Labute approximate surface area is 237 Å². The summed E-state index contributed by atoms with van der Waals surface area (Å²) in [7, 11) is 0. The molecule has 0 unspecified atom stereocenters. The summed E-state index contributed by atoms with van der Waals surface area (Å²) in [6.45, 7) is 1.41. The van der Waals surface area contributed by atoms with Crippen LogP contribution >= 0.6 is 11.6 Å². The lowest BCUT2D eigenvalue weighted by Crippen LogP contribution is -2.40. The van der Waals surface area contributed by atoms with Crippen LogP contribution in [0.5, 0.6) is 0 Å². The first-order valence-electron chi connectivity index (χ1n) is 13.8. The molecule has 3 aliphatic rings. The lowest BCUT2D eigenvalue weighted by Gasteiger charge is -2.23. The van der Waals surface area contributed by atoms with Crippen LogP contribution in [0.25, 0.3) is 11.3 Å². The number of hydrogen-bond acceptors (Lipinski definition) is 7. The number of fused-ring (bicyclic) bond motifs is 1. The van der Waals surface area contributed by atoms with Crippen molar-refractivity contribution in [2.45, 2.75) is 50.2 Å². The fourth-order valence-corrected chi connectivity index (χ4v) is 5.59. The molecule has 10 heteroatoms. The first kappa shape index (κ1) is 26.7. The van der Waals surface area contributed by atoms with Crippen LogP contribution in [-0.2, 0) is 16.1 Å². The maximum absolute atomic E-state index is 13.3. The molecule has 3 heterocycles. The molecule has 208 valence electrons. The van der Waals surface area contributed by atoms with E-state index in [-0.39, 0.29) is 31.0 Å². The number of benzene rings is 2. The summed E-state index contributed by atoms with van der Waals surface area (Å²) in [5.41, 5.74) is 4.71. The number of anilines is 1. The lowest BCUT2D eigenvalue weighted by atomic mass is 10.0. The first-order chi connectivity index (χ1) is 19.5. The molecule has 9 nitrogen and oxygen atoms in total. The van der Waals surface area contributed by atoms with Crippen molar-refractivity contribution in [1.82, 2.24) is 20.2 Å². The quantitative estimate of drug-likeness (QED) is 0.360. The van der Waals surface area contributed by atoms with Gasteiger partial charge in [-0.2, -0.15) is 0 Å². The normalized spacial score (nSPS) is 17.9. The summed E-state index contributed by atoms with van der Waals surface area (Å²) < 4.78 is 5.42. The Balaban J connectivity index is 1.13. The Morgan fingerprint density at radius 3 is 2.75 bits per heavy atom. The minimum atomic E-state index is -0.526. The molecule has 2 fully saturated rings. The van der Waals surface area contributed by atoms with Gasteiger partial charge in [0.1, 0.15) is 6.54 Å². The fourth-order valence-electron chi connectivity index (χ4n) is 5.39. The standard InChI is InChI=1S/C30H32ClN5O4/c31-25-14-32-30(33-23-8-10-40-11-9-23)35-28(25)21-6-7-22-15-36(29(39)24(22)13-21)16-27(38)34-26(17-37)20-3-1-2-19(12-20)18-4-5-18/h1-3,6-7,12-14,18,23,26,37H,4-5,8-11,15-17H2,(H,34,38)(H,32,33,35)/t26-/m1/s1. The smallest absolute Gasteiger partial charge is 0.254 e. The SMILES string of the molecule is O=C(CN1Cc2ccc(-c3nc(NC4CCOCC4)ncc3Cl)cc2C1=O)N[C@H](CO)c1cccc(C2CC2)c1. The second kappa shape index (κ2) is 11.5. The number of hydrogen-bond donors (Lipinski definition) is 3. The maximum atomic E-state index is 13.3. The van der Waals surface area contributed by atoms with Crippen LogP contribution in [0.15, 0.2) is 48.7 Å². The van der Waals surface area contributed by atoms with Crippen LogP contribution in [0, 0.1) is 0 Å². The number of carbonyl (C=O) groups excluding carboxylic acids is 2. The summed E-state index contributed by atoms with van der Waals surface area (Å²) in [6.07, 6.45) is 5.68. The molecule has 40 heavy (non-hydrogen) atoms. The van der Waals surface area contributed by atoms with E-state index in [1.165, 1.54) is 23.3 Å². The van der Waals surface area contributed by atoms with Gasteiger partial charge in [-0.1, -0.05) is 48.0 Å². The third-order valence-corrected chi connectivity index (χ3v) is 8.05. The first-order valence-corrected chi connectivity index (χ1v) is 14.2. The summed E-state index contributed by atoms with van der Waals surface area (Å²) in [5.74, 6) is 0.513. The average molecular weight is 562 g/mol. The summed E-state index contributed by atoms with van der Waals surface area (Å²) in [6, 6.07) is 13.3. The minimum absolute atomic E-state index is 0.102. The Hall–Kier alpha value is -3.53. The summed E-state index contributed by atoms with van der Waals surface area (Å²) >= 11 is 6.46. The predicted molar refractivity (Wildman–Crippen MR) is 151 cm³/mol. The molecule has 0 bridgehead atoms. The van der Waals surface area contributed by atoms with Crippen molar-refractivity contribution in [3.05, 3.63) is 75.9 Å². The van der Waals surface area contributed by atoms with Crippen LogP contribution in [-0.4, -0.2) is 64.2 Å². The molecule has 1 saturated carbocycles. The minimum Gasteiger partial charge on any atom is -0.394 e. The second-order valence-electron chi connectivity index (χ2n) is 10.7. The van der Waals surface area contributed by atoms with E-state index < -0.39 is 6.04 Å². The van der Waals surface area contributed by atoms with Gasteiger partial charge in [-0.05, 0) is 54.4 Å². The van der Waals surface area contributed by atoms with Gasteiger partial charge in [-0.15, -0.1) is 0 Å². The molecule has 3 aromatic rings. The number of nitrogens with zero attached hydrogens (tertiary/aromatic N) is 3. The Morgan fingerprint density at radius 1 is 1.15 bits per heavy atom. The van der Waals surface area contributed by atoms with Crippen molar-refractivity contribution >= 4 is 29.4 Å². The van der Waals surface area contributed by atoms with Gasteiger partial charge in [0.15, 0.2) is 0 Å². The largest absolute Gasteiger partial charge is 0.394 e. The molecule has 1 aliphatic carbocycles. The van der Waals surface area contributed by atoms with Crippen LogP contribution in [0.1, 0.15) is 64.7 Å². The topological polar surface area (TPSA) is 117 Å². The summed E-state index contributed by atoms with van der Waals surface area (Å²) in [4.78, 5) is 36.7. The summed E-state index contributed by atoms with van der Waals surface area (Å²) in [5, 5.41) is 16.6. The third kappa shape index (κ3) is 5.82. The van der Waals surface area contributed by atoms with Crippen molar-refractivity contribution in [3.63, 3.8) is 0 Å². The van der Waals surface area contributed by atoms with Crippen LogP contribution in [0.4, 0.5) is 5.95 Å². The van der Waals surface area contributed by atoms with E-state index in [1.54, 1.807) is 12.3 Å². The van der Waals surface area contributed by atoms with E-state index in [4.69, 9.17) is 16.3 Å². The number of aliphatic hydroxyl groups excluding tert-OH is 1. The van der Waals surface area contributed by atoms with Crippen molar-refractivity contribution < 1.29 is 19.4 Å². The zero-order chi connectivity index (χ0) is 27.6. The van der Waals surface area contributed by atoms with Crippen LogP contribution < -0.4 is 10.6 Å².